The zero-order valence-corrected chi connectivity index (χ0v) is 27.4. The fourth-order valence-electron chi connectivity index (χ4n) is 6.24. The lowest BCUT2D eigenvalue weighted by atomic mass is 9.91. The first-order valence-corrected chi connectivity index (χ1v) is 17.3. The molecule has 0 amide bonds. The molecule has 2 fully saturated rings. The second-order valence-corrected chi connectivity index (χ2v) is 13.5. The lowest BCUT2D eigenvalue weighted by molar-refractivity contribution is -0.149. The van der Waals surface area contributed by atoms with Crippen LogP contribution in [0, 0.1) is 5.92 Å². The average molecular weight is 563 g/mol. The number of esters is 2. The summed E-state index contributed by atoms with van der Waals surface area (Å²) in [5.74, 6) is -0.0951. The minimum Gasteiger partial charge on any atom is -0.459 e. The van der Waals surface area contributed by atoms with Crippen molar-refractivity contribution in [1.29, 1.82) is 0 Å². The molecule has 4 nitrogen and oxygen atoms in total. The Morgan fingerprint density at radius 2 is 1.00 bits per heavy atom. The maximum absolute atomic E-state index is 11.4. The molecule has 0 N–H and O–H groups in total. The number of hydrogen-bond donors (Lipinski definition) is 0. The molecule has 234 valence electrons. The lowest BCUT2D eigenvalue weighted by Crippen LogP contribution is -2.23. The lowest BCUT2D eigenvalue weighted by Gasteiger charge is -2.22. The van der Waals surface area contributed by atoms with Crippen LogP contribution >= 0.6 is 0 Å². The van der Waals surface area contributed by atoms with Crippen LogP contribution in [0.5, 0.6) is 0 Å². The highest BCUT2D eigenvalue weighted by atomic mass is 16.6. The van der Waals surface area contributed by atoms with Gasteiger partial charge in [-0.15, -0.1) is 0 Å². The molecule has 2 aliphatic heterocycles. The predicted octanol–water partition coefficient (Wildman–Crippen LogP) is 11.2. The molecule has 2 heterocycles. The quantitative estimate of drug-likeness (QED) is 0.0748. The average Bonchev–Trinajstić information content (AvgIpc) is 3.32. The van der Waals surface area contributed by atoms with Crippen molar-refractivity contribution in [3.8, 4) is 0 Å². The van der Waals surface area contributed by atoms with Gasteiger partial charge in [0.1, 0.15) is 11.2 Å². The highest BCUT2D eigenvalue weighted by Gasteiger charge is 2.40. The summed E-state index contributed by atoms with van der Waals surface area (Å²) in [7, 11) is 0. The standard InChI is InChI=1S/C18H34O2.C18H32O2/c2*1-4-5-6-7-8-9-10-11-12-13-14-18(3)15-16(2)17(19)20-18/h16H,4-15H2,1-3H3;2,4-15H2,1,3H3. The second-order valence-electron chi connectivity index (χ2n) is 13.5. The van der Waals surface area contributed by atoms with Crippen molar-refractivity contribution in [3.05, 3.63) is 12.2 Å². The van der Waals surface area contributed by atoms with E-state index in [0.717, 1.165) is 25.7 Å². The predicted molar refractivity (Wildman–Crippen MR) is 169 cm³/mol. The minimum absolute atomic E-state index is 0.000390. The smallest absolute Gasteiger partial charge is 0.334 e. The molecule has 2 rings (SSSR count). The maximum atomic E-state index is 11.4. The Labute approximate surface area is 248 Å². The van der Waals surface area contributed by atoms with Crippen LogP contribution in [-0.2, 0) is 19.1 Å². The third-order valence-corrected chi connectivity index (χ3v) is 8.82. The number of hydrogen-bond acceptors (Lipinski definition) is 4. The molecule has 0 aliphatic carbocycles. The molecule has 0 aromatic heterocycles. The van der Waals surface area contributed by atoms with E-state index >= 15 is 0 Å². The van der Waals surface area contributed by atoms with Crippen molar-refractivity contribution in [1.82, 2.24) is 0 Å². The van der Waals surface area contributed by atoms with Crippen molar-refractivity contribution >= 4 is 11.9 Å². The SMILES string of the molecule is C=C1CC(C)(CCCCCCCCCCCC)OC1=O.CCCCCCCCCCCCC1(C)CC(C)C(=O)O1. The molecule has 40 heavy (non-hydrogen) atoms. The Hall–Kier alpha value is -1.32. The van der Waals surface area contributed by atoms with Gasteiger partial charge in [0, 0.05) is 12.0 Å². The van der Waals surface area contributed by atoms with Crippen LogP contribution < -0.4 is 0 Å². The van der Waals surface area contributed by atoms with Crippen LogP contribution in [0.3, 0.4) is 0 Å². The summed E-state index contributed by atoms with van der Waals surface area (Å²) in [6.45, 7) is 14.4. The third-order valence-electron chi connectivity index (χ3n) is 8.82. The largest absolute Gasteiger partial charge is 0.459 e. The summed E-state index contributed by atoms with van der Waals surface area (Å²) in [6, 6.07) is 0. The van der Waals surface area contributed by atoms with Crippen LogP contribution in [0.25, 0.3) is 0 Å². The van der Waals surface area contributed by atoms with Gasteiger partial charge in [0.25, 0.3) is 0 Å². The van der Waals surface area contributed by atoms with E-state index in [9.17, 15) is 9.59 Å². The normalized spacial score (nSPS) is 24.1. The maximum Gasteiger partial charge on any atom is 0.334 e. The van der Waals surface area contributed by atoms with E-state index in [0.29, 0.717) is 12.0 Å². The van der Waals surface area contributed by atoms with Crippen LogP contribution in [0.1, 0.15) is 189 Å². The molecule has 2 aliphatic rings. The van der Waals surface area contributed by atoms with Gasteiger partial charge >= 0.3 is 11.9 Å². The zero-order valence-electron chi connectivity index (χ0n) is 27.4. The van der Waals surface area contributed by atoms with Gasteiger partial charge in [-0.2, -0.15) is 0 Å². The van der Waals surface area contributed by atoms with E-state index in [1.54, 1.807) is 0 Å². The highest BCUT2D eigenvalue weighted by Crippen LogP contribution is 2.35. The molecular weight excluding hydrogens is 496 g/mol. The van der Waals surface area contributed by atoms with E-state index in [4.69, 9.17) is 9.47 Å². The van der Waals surface area contributed by atoms with E-state index in [1.165, 1.54) is 122 Å². The zero-order chi connectivity index (χ0) is 29.7. The molecule has 0 radical (unpaired) electrons. The topological polar surface area (TPSA) is 52.6 Å². The summed E-state index contributed by atoms with van der Waals surface area (Å²) in [5.41, 5.74) is 0.199. The second kappa shape index (κ2) is 21.4. The van der Waals surface area contributed by atoms with E-state index in [2.05, 4.69) is 27.4 Å². The molecule has 0 bridgehead atoms. The molecule has 3 unspecified atom stereocenters. The van der Waals surface area contributed by atoms with Gasteiger partial charge < -0.3 is 9.47 Å². The molecule has 4 heteroatoms. The molecule has 2 saturated heterocycles. The van der Waals surface area contributed by atoms with Gasteiger partial charge in [-0.3, -0.25) is 4.79 Å². The van der Waals surface area contributed by atoms with Crippen molar-refractivity contribution in [2.24, 2.45) is 5.92 Å². The minimum atomic E-state index is -0.270. The van der Waals surface area contributed by atoms with Crippen LogP contribution in [-0.4, -0.2) is 23.1 Å². The van der Waals surface area contributed by atoms with Crippen molar-refractivity contribution in [3.63, 3.8) is 0 Å². The molecule has 0 saturated carbocycles. The first kappa shape index (κ1) is 36.7. The Balaban J connectivity index is 0.000000400. The fourth-order valence-corrected chi connectivity index (χ4v) is 6.24. The number of carbonyl (C=O) groups excluding carboxylic acids is 2. The van der Waals surface area contributed by atoms with Gasteiger partial charge in [0.15, 0.2) is 0 Å². The van der Waals surface area contributed by atoms with Gasteiger partial charge in [-0.1, -0.05) is 143 Å². The number of unbranched alkanes of at least 4 members (excludes halogenated alkanes) is 18. The number of rotatable bonds is 22. The Morgan fingerprint density at radius 3 is 1.32 bits per heavy atom. The van der Waals surface area contributed by atoms with Gasteiger partial charge in [-0.25, -0.2) is 4.79 Å². The number of carbonyl (C=O) groups is 2. The Kier molecular flexibility index (Phi) is 19.6. The molecule has 3 atom stereocenters. The monoisotopic (exact) mass is 562 g/mol. The summed E-state index contributed by atoms with van der Waals surface area (Å²) in [6.07, 6.45) is 30.6. The van der Waals surface area contributed by atoms with Crippen molar-refractivity contribution in [2.45, 2.75) is 200 Å². The molecule has 0 aromatic rings. The summed E-state index contributed by atoms with van der Waals surface area (Å²) < 4.78 is 10.9. The van der Waals surface area contributed by atoms with Gasteiger partial charge in [-0.05, 0) is 46.0 Å². The van der Waals surface area contributed by atoms with Crippen LogP contribution in [0.4, 0.5) is 0 Å². The Morgan fingerprint density at radius 1 is 0.625 bits per heavy atom. The Bertz CT molecular complexity index is 683. The van der Waals surface area contributed by atoms with Crippen LogP contribution in [0.2, 0.25) is 0 Å². The number of ether oxygens (including phenoxy) is 2. The van der Waals surface area contributed by atoms with Gasteiger partial charge in [0.2, 0.25) is 0 Å². The first-order valence-electron chi connectivity index (χ1n) is 17.3. The summed E-state index contributed by atoms with van der Waals surface area (Å²) in [5, 5.41) is 0. The first-order chi connectivity index (χ1) is 19.1. The fraction of sp³-hybridized carbons (Fsp3) is 0.889. The van der Waals surface area contributed by atoms with E-state index in [-0.39, 0.29) is 29.1 Å². The van der Waals surface area contributed by atoms with Crippen molar-refractivity contribution < 1.29 is 19.1 Å². The number of cyclic esters (lactones) is 2. The van der Waals surface area contributed by atoms with E-state index < -0.39 is 0 Å². The van der Waals surface area contributed by atoms with E-state index in [1.807, 2.05) is 13.8 Å². The third kappa shape index (κ3) is 16.8. The van der Waals surface area contributed by atoms with Crippen molar-refractivity contribution in [2.75, 3.05) is 0 Å². The highest BCUT2D eigenvalue weighted by molar-refractivity contribution is 5.90. The summed E-state index contributed by atoms with van der Waals surface area (Å²) in [4.78, 5) is 22.8. The van der Waals surface area contributed by atoms with Gasteiger partial charge in [0.05, 0.1) is 5.92 Å². The molecular formula is C36H66O4. The van der Waals surface area contributed by atoms with Crippen LogP contribution in [0.15, 0.2) is 12.2 Å². The molecule has 0 spiro atoms. The summed E-state index contributed by atoms with van der Waals surface area (Å²) >= 11 is 0. The molecule has 0 aromatic carbocycles.